The molecule has 24 heavy (non-hydrogen) atoms. The van der Waals surface area contributed by atoms with Crippen LogP contribution in [-0.2, 0) is 4.74 Å². The number of hydrogen-bond acceptors (Lipinski definition) is 7. The Balaban J connectivity index is 1.47. The van der Waals surface area contributed by atoms with Crippen molar-refractivity contribution in [2.45, 2.75) is 30.9 Å². The summed E-state index contributed by atoms with van der Waals surface area (Å²) in [4.78, 5) is 21.8. The molecule has 2 aromatic heterocycles. The molecule has 0 radical (unpaired) electrons. The molecule has 0 aromatic carbocycles. The first-order valence-corrected chi connectivity index (χ1v) is 8.42. The van der Waals surface area contributed by atoms with Gasteiger partial charge in [-0.25, -0.2) is 19.9 Å². The number of aromatic nitrogens is 4. The van der Waals surface area contributed by atoms with Crippen LogP contribution in [0.15, 0.2) is 36.9 Å². The fourth-order valence-corrected chi connectivity index (χ4v) is 3.71. The van der Waals surface area contributed by atoms with Gasteiger partial charge in [0.2, 0.25) is 11.9 Å². The monoisotopic (exact) mass is 326 g/mol. The molecule has 1 spiro atoms. The Morgan fingerprint density at radius 1 is 1.12 bits per heavy atom. The molecular formula is C17H22N6O. The zero-order valence-corrected chi connectivity index (χ0v) is 13.9. The molecule has 2 aliphatic heterocycles. The largest absolute Gasteiger partial charge is 0.371 e. The molecule has 2 atom stereocenters. The van der Waals surface area contributed by atoms with Gasteiger partial charge in [0.15, 0.2) is 0 Å². The smallest absolute Gasteiger partial charge is 0.225 e. The molecule has 2 aliphatic rings. The van der Waals surface area contributed by atoms with Gasteiger partial charge in [-0.1, -0.05) is 0 Å². The summed E-state index contributed by atoms with van der Waals surface area (Å²) in [5.74, 6) is 1.55. The van der Waals surface area contributed by atoms with Crippen molar-refractivity contribution < 1.29 is 4.74 Å². The summed E-state index contributed by atoms with van der Waals surface area (Å²) in [7, 11) is 2.04. The average Bonchev–Trinajstić information content (AvgIpc) is 3.06. The Kier molecular flexibility index (Phi) is 4.02. The number of hydrogen-bond donors (Lipinski definition) is 0. The van der Waals surface area contributed by atoms with E-state index in [0.717, 1.165) is 44.2 Å². The van der Waals surface area contributed by atoms with Gasteiger partial charge in [-0.05, 0) is 25.0 Å². The Bertz CT molecular complexity index is 669. The summed E-state index contributed by atoms with van der Waals surface area (Å²) >= 11 is 0. The number of likely N-dealkylation sites (N-methyl/N-ethyl adjacent to an activating group) is 1. The van der Waals surface area contributed by atoms with Crippen molar-refractivity contribution in [3.05, 3.63) is 36.9 Å². The Labute approximate surface area is 141 Å². The average molecular weight is 326 g/mol. The molecule has 0 aliphatic carbocycles. The molecule has 7 heteroatoms. The van der Waals surface area contributed by atoms with Gasteiger partial charge in [0, 0.05) is 51.3 Å². The van der Waals surface area contributed by atoms with E-state index in [9.17, 15) is 0 Å². The highest BCUT2D eigenvalue weighted by Gasteiger charge is 2.45. The van der Waals surface area contributed by atoms with Crippen molar-refractivity contribution in [2.75, 3.05) is 36.5 Å². The van der Waals surface area contributed by atoms with E-state index in [1.807, 2.05) is 19.2 Å². The second-order valence-electron chi connectivity index (χ2n) is 6.59. The van der Waals surface area contributed by atoms with Gasteiger partial charge in [0.1, 0.15) is 0 Å². The van der Waals surface area contributed by atoms with Crippen molar-refractivity contribution in [1.82, 2.24) is 19.9 Å². The molecule has 2 aromatic rings. The van der Waals surface area contributed by atoms with Gasteiger partial charge in [0.25, 0.3) is 0 Å². The van der Waals surface area contributed by atoms with Gasteiger partial charge in [-0.3, -0.25) is 0 Å². The van der Waals surface area contributed by atoms with Gasteiger partial charge < -0.3 is 14.5 Å². The van der Waals surface area contributed by atoms with Crippen LogP contribution >= 0.6 is 0 Å². The number of nitrogens with zero attached hydrogens (tertiary/aromatic N) is 6. The SMILES string of the molecule is CN(c1ncccn1)C1COC2(CCCN(c3ncccn3)C2)C1. The van der Waals surface area contributed by atoms with E-state index in [4.69, 9.17) is 4.74 Å². The maximum atomic E-state index is 6.29. The number of rotatable bonds is 3. The summed E-state index contributed by atoms with van der Waals surface area (Å²) in [6.45, 7) is 2.53. The van der Waals surface area contributed by atoms with E-state index in [2.05, 4.69) is 29.7 Å². The van der Waals surface area contributed by atoms with Crippen LogP contribution in [0.3, 0.4) is 0 Å². The van der Waals surface area contributed by atoms with Crippen LogP contribution < -0.4 is 9.80 Å². The molecule has 2 saturated heterocycles. The minimum absolute atomic E-state index is 0.120. The van der Waals surface area contributed by atoms with Crippen LogP contribution in [0.25, 0.3) is 0 Å². The van der Waals surface area contributed by atoms with Gasteiger partial charge in [0.05, 0.1) is 18.2 Å². The van der Waals surface area contributed by atoms with Crippen LogP contribution in [0.2, 0.25) is 0 Å². The lowest BCUT2D eigenvalue weighted by Crippen LogP contribution is -2.49. The normalized spacial score (nSPS) is 26.7. The third kappa shape index (κ3) is 2.91. The standard InChI is InChI=1S/C17H22N6O/c1-22(15-18-6-3-7-19-15)14-11-17(24-12-14)5-2-10-23(13-17)16-20-8-4-9-21-16/h3-4,6-9,14H,2,5,10-13H2,1H3. The minimum Gasteiger partial charge on any atom is -0.371 e. The third-order valence-corrected chi connectivity index (χ3v) is 4.98. The second-order valence-corrected chi connectivity index (χ2v) is 6.59. The Morgan fingerprint density at radius 2 is 1.83 bits per heavy atom. The van der Waals surface area contributed by atoms with Gasteiger partial charge >= 0.3 is 0 Å². The van der Waals surface area contributed by atoms with Crippen LogP contribution in [0, 0.1) is 0 Å². The van der Waals surface area contributed by atoms with Crippen LogP contribution in [0.1, 0.15) is 19.3 Å². The first-order chi connectivity index (χ1) is 11.8. The predicted molar refractivity (Wildman–Crippen MR) is 91.0 cm³/mol. The highest BCUT2D eigenvalue weighted by molar-refractivity contribution is 5.33. The van der Waals surface area contributed by atoms with Crippen molar-refractivity contribution in [3.63, 3.8) is 0 Å². The molecule has 0 N–H and O–H groups in total. The molecule has 0 bridgehead atoms. The molecule has 4 rings (SSSR count). The Hall–Kier alpha value is -2.28. The summed E-state index contributed by atoms with van der Waals surface area (Å²) in [6, 6.07) is 3.98. The molecule has 2 fully saturated rings. The second kappa shape index (κ2) is 6.32. The fraction of sp³-hybridized carbons (Fsp3) is 0.529. The molecule has 4 heterocycles. The summed E-state index contributed by atoms with van der Waals surface area (Å²) in [5, 5.41) is 0. The van der Waals surface area contributed by atoms with E-state index < -0.39 is 0 Å². The maximum absolute atomic E-state index is 6.29. The van der Waals surface area contributed by atoms with E-state index in [0.29, 0.717) is 12.6 Å². The lowest BCUT2D eigenvalue weighted by Gasteiger charge is -2.39. The van der Waals surface area contributed by atoms with Crippen LogP contribution in [-0.4, -0.2) is 58.3 Å². The lowest BCUT2D eigenvalue weighted by molar-refractivity contribution is -0.00679. The fourth-order valence-electron chi connectivity index (χ4n) is 3.71. The molecule has 126 valence electrons. The molecule has 2 unspecified atom stereocenters. The predicted octanol–water partition coefficient (Wildman–Crippen LogP) is 1.53. The highest BCUT2D eigenvalue weighted by atomic mass is 16.5. The van der Waals surface area contributed by atoms with Crippen molar-refractivity contribution in [1.29, 1.82) is 0 Å². The molecular weight excluding hydrogens is 304 g/mol. The molecule has 0 saturated carbocycles. The quantitative estimate of drug-likeness (QED) is 0.847. The van der Waals surface area contributed by atoms with Crippen molar-refractivity contribution in [3.8, 4) is 0 Å². The van der Waals surface area contributed by atoms with E-state index >= 15 is 0 Å². The summed E-state index contributed by atoms with van der Waals surface area (Å²) in [6.07, 6.45) is 10.3. The lowest BCUT2D eigenvalue weighted by atomic mass is 9.88. The highest BCUT2D eigenvalue weighted by Crippen LogP contribution is 2.37. The minimum atomic E-state index is -0.120. The third-order valence-electron chi connectivity index (χ3n) is 4.98. The maximum Gasteiger partial charge on any atom is 0.225 e. The van der Waals surface area contributed by atoms with E-state index in [1.165, 1.54) is 0 Å². The first kappa shape index (κ1) is 15.3. The zero-order chi connectivity index (χ0) is 16.4. The van der Waals surface area contributed by atoms with Crippen LogP contribution in [0.5, 0.6) is 0 Å². The number of ether oxygens (including phenoxy) is 1. The van der Waals surface area contributed by atoms with Gasteiger partial charge in [-0.2, -0.15) is 0 Å². The molecule has 7 nitrogen and oxygen atoms in total. The topological polar surface area (TPSA) is 67.3 Å². The number of anilines is 2. The van der Waals surface area contributed by atoms with E-state index in [1.54, 1.807) is 24.8 Å². The Morgan fingerprint density at radius 3 is 2.58 bits per heavy atom. The summed E-state index contributed by atoms with van der Waals surface area (Å²) < 4.78 is 6.29. The number of piperidine rings is 1. The van der Waals surface area contributed by atoms with Gasteiger partial charge in [-0.15, -0.1) is 0 Å². The first-order valence-electron chi connectivity index (χ1n) is 8.42. The molecule has 0 amide bonds. The zero-order valence-electron chi connectivity index (χ0n) is 13.9. The summed E-state index contributed by atoms with van der Waals surface area (Å²) in [5.41, 5.74) is -0.120. The van der Waals surface area contributed by atoms with Crippen LogP contribution in [0.4, 0.5) is 11.9 Å². The van der Waals surface area contributed by atoms with Crippen molar-refractivity contribution >= 4 is 11.9 Å². The van der Waals surface area contributed by atoms with E-state index in [-0.39, 0.29) is 5.60 Å². The van der Waals surface area contributed by atoms with Crippen molar-refractivity contribution in [2.24, 2.45) is 0 Å².